The van der Waals surface area contributed by atoms with Gasteiger partial charge in [0.2, 0.25) is 0 Å². The van der Waals surface area contributed by atoms with E-state index in [2.05, 4.69) is 16.9 Å². The third-order valence-electron chi connectivity index (χ3n) is 4.28. The molecule has 0 saturated carbocycles. The Bertz CT molecular complexity index is 1000. The molecule has 138 valence electrons. The molecule has 1 amide bonds. The highest BCUT2D eigenvalue weighted by molar-refractivity contribution is 6.08. The summed E-state index contributed by atoms with van der Waals surface area (Å²) in [6, 6.07) is 9.55. The lowest BCUT2D eigenvalue weighted by molar-refractivity contribution is 0.0951. The van der Waals surface area contributed by atoms with Crippen LogP contribution in [0.1, 0.15) is 21.5 Å². The SMILES string of the molecule is C=Cc1c(C(=O)NCCc2ccc(F)cc2)c(O)c2ncccc2c1OC. The minimum Gasteiger partial charge on any atom is -0.505 e. The van der Waals surface area contributed by atoms with Crippen LogP contribution in [-0.2, 0) is 6.42 Å². The molecule has 0 aliphatic carbocycles. The number of phenols is 1. The van der Waals surface area contributed by atoms with Crippen LogP contribution in [0.25, 0.3) is 17.0 Å². The van der Waals surface area contributed by atoms with E-state index < -0.39 is 5.91 Å². The molecule has 0 aliphatic rings. The van der Waals surface area contributed by atoms with Crippen molar-refractivity contribution < 1.29 is 19.0 Å². The molecule has 0 spiro atoms. The number of nitrogens with zero attached hydrogens (tertiary/aromatic N) is 1. The summed E-state index contributed by atoms with van der Waals surface area (Å²) in [7, 11) is 1.49. The Morgan fingerprint density at radius 2 is 2.07 bits per heavy atom. The monoisotopic (exact) mass is 366 g/mol. The van der Waals surface area contributed by atoms with E-state index in [1.165, 1.54) is 31.5 Å². The fourth-order valence-electron chi connectivity index (χ4n) is 2.99. The lowest BCUT2D eigenvalue weighted by Gasteiger charge is -2.16. The average molecular weight is 366 g/mol. The van der Waals surface area contributed by atoms with E-state index in [-0.39, 0.29) is 22.6 Å². The van der Waals surface area contributed by atoms with Crippen LogP contribution in [0.2, 0.25) is 0 Å². The molecular formula is C21H19FN2O3. The van der Waals surface area contributed by atoms with E-state index in [1.54, 1.807) is 24.3 Å². The van der Waals surface area contributed by atoms with E-state index in [0.717, 1.165) is 5.56 Å². The molecule has 1 heterocycles. The number of rotatable bonds is 6. The van der Waals surface area contributed by atoms with E-state index >= 15 is 0 Å². The molecule has 0 bridgehead atoms. The van der Waals surface area contributed by atoms with Gasteiger partial charge in [0.25, 0.3) is 5.91 Å². The largest absolute Gasteiger partial charge is 0.505 e. The Labute approximate surface area is 156 Å². The molecule has 3 rings (SSSR count). The molecule has 0 radical (unpaired) electrons. The minimum absolute atomic E-state index is 0.0622. The van der Waals surface area contributed by atoms with Gasteiger partial charge in [0.05, 0.1) is 12.7 Å². The maximum Gasteiger partial charge on any atom is 0.255 e. The second kappa shape index (κ2) is 7.86. The first-order valence-electron chi connectivity index (χ1n) is 8.39. The highest BCUT2D eigenvalue weighted by atomic mass is 19.1. The Morgan fingerprint density at radius 3 is 2.74 bits per heavy atom. The molecule has 2 N–H and O–H groups in total. The van der Waals surface area contributed by atoms with Gasteiger partial charge in [0.1, 0.15) is 17.1 Å². The van der Waals surface area contributed by atoms with Crippen molar-refractivity contribution in [3.8, 4) is 11.5 Å². The number of aromatic hydroxyl groups is 1. The van der Waals surface area contributed by atoms with E-state index in [1.807, 2.05) is 0 Å². The van der Waals surface area contributed by atoms with Crippen LogP contribution in [-0.4, -0.2) is 29.7 Å². The zero-order chi connectivity index (χ0) is 19.4. The summed E-state index contributed by atoms with van der Waals surface area (Å²) in [6.45, 7) is 4.06. The predicted molar refractivity (Wildman–Crippen MR) is 102 cm³/mol. The third kappa shape index (κ3) is 3.60. The van der Waals surface area contributed by atoms with Gasteiger partial charge in [0, 0.05) is 23.7 Å². The smallest absolute Gasteiger partial charge is 0.255 e. The van der Waals surface area contributed by atoms with Gasteiger partial charge < -0.3 is 15.2 Å². The Kier molecular flexibility index (Phi) is 5.35. The zero-order valence-electron chi connectivity index (χ0n) is 14.8. The predicted octanol–water partition coefficient (Wildman–Crippen LogP) is 3.70. The van der Waals surface area contributed by atoms with Gasteiger partial charge in [0.15, 0.2) is 5.75 Å². The summed E-state index contributed by atoms with van der Waals surface area (Å²) in [5.74, 6) is -0.565. The van der Waals surface area contributed by atoms with Crippen LogP contribution >= 0.6 is 0 Å². The first-order valence-corrected chi connectivity index (χ1v) is 8.39. The van der Waals surface area contributed by atoms with Crippen molar-refractivity contribution >= 4 is 22.9 Å². The second-order valence-corrected chi connectivity index (χ2v) is 5.91. The molecule has 0 saturated heterocycles. The number of nitrogens with one attached hydrogen (secondary N) is 1. The van der Waals surface area contributed by atoms with Crippen molar-refractivity contribution in [2.45, 2.75) is 6.42 Å². The normalized spacial score (nSPS) is 10.6. The quantitative estimate of drug-likeness (QED) is 0.698. The van der Waals surface area contributed by atoms with Crippen molar-refractivity contribution in [3.05, 3.63) is 71.7 Å². The number of hydrogen-bond donors (Lipinski definition) is 2. The number of methoxy groups -OCH3 is 1. The number of hydrogen-bond acceptors (Lipinski definition) is 4. The van der Waals surface area contributed by atoms with Gasteiger partial charge in [-0.3, -0.25) is 9.78 Å². The van der Waals surface area contributed by atoms with Crippen LogP contribution in [0.15, 0.2) is 49.2 Å². The Morgan fingerprint density at radius 1 is 1.33 bits per heavy atom. The van der Waals surface area contributed by atoms with Crippen molar-refractivity contribution in [2.24, 2.45) is 0 Å². The first kappa shape index (κ1) is 18.4. The van der Waals surface area contributed by atoms with Gasteiger partial charge in [-0.1, -0.05) is 24.8 Å². The average Bonchev–Trinajstić information content (AvgIpc) is 2.69. The van der Waals surface area contributed by atoms with Crippen molar-refractivity contribution in [1.29, 1.82) is 0 Å². The topological polar surface area (TPSA) is 71.5 Å². The van der Waals surface area contributed by atoms with Crippen molar-refractivity contribution in [1.82, 2.24) is 10.3 Å². The summed E-state index contributed by atoms with van der Waals surface area (Å²) in [5.41, 5.74) is 1.63. The molecule has 27 heavy (non-hydrogen) atoms. The molecule has 0 unspecified atom stereocenters. The lowest BCUT2D eigenvalue weighted by Crippen LogP contribution is -2.26. The van der Waals surface area contributed by atoms with Gasteiger partial charge in [-0.05, 0) is 36.2 Å². The third-order valence-corrected chi connectivity index (χ3v) is 4.28. The van der Waals surface area contributed by atoms with Crippen LogP contribution < -0.4 is 10.1 Å². The number of aromatic nitrogens is 1. The standard InChI is InChI=1S/C21H19FN2O3/c1-3-15-17(19(25)18-16(20(15)27-2)5-4-11-23-18)21(26)24-12-10-13-6-8-14(22)9-7-13/h3-9,11,25H,1,10,12H2,2H3,(H,24,26). The fourth-order valence-corrected chi connectivity index (χ4v) is 2.99. The second-order valence-electron chi connectivity index (χ2n) is 5.91. The number of fused-ring (bicyclic) bond motifs is 1. The highest BCUT2D eigenvalue weighted by Gasteiger charge is 2.23. The molecule has 3 aromatic rings. The van der Waals surface area contributed by atoms with E-state index in [4.69, 9.17) is 4.74 Å². The molecule has 1 aromatic heterocycles. The number of phenolic OH excluding ortho intramolecular Hbond substituents is 1. The van der Waals surface area contributed by atoms with Gasteiger partial charge >= 0.3 is 0 Å². The molecule has 5 nitrogen and oxygen atoms in total. The van der Waals surface area contributed by atoms with Crippen LogP contribution in [0.5, 0.6) is 11.5 Å². The van der Waals surface area contributed by atoms with E-state index in [9.17, 15) is 14.3 Å². The molecule has 0 fully saturated rings. The summed E-state index contributed by atoms with van der Waals surface area (Å²) in [5, 5.41) is 14.0. The van der Waals surface area contributed by atoms with Crippen molar-refractivity contribution in [3.63, 3.8) is 0 Å². The first-order chi connectivity index (χ1) is 13.1. The summed E-state index contributed by atoms with van der Waals surface area (Å²) < 4.78 is 18.4. The number of carbonyl (C=O) groups excluding carboxylic acids is 1. The number of ether oxygens (including phenoxy) is 1. The summed E-state index contributed by atoms with van der Waals surface area (Å²) in [4.78, 5) is 16.9. The van der Waals surface area contributed by atoms with Gasteiger partial charge in [-0.2, -0.15) is 0 Å². The number of amides is 1. The lowest BCUT2D eigenvalue weighted by atomic mass is 9.99. The highest BCUT2D eigenvalue weighted by Crippen LogP contribution is 2.39. The number of halogens is 1. The maximum atomic E-state index is 13.0. The van der Waals surface area contributed by atoms with Crippen LogP contribution in [0.4, 0.5) is 4.39 Å². The zero-order valence-corrected chi connectivity index (χ0v) is 14.8. The van der Waals surface area contributed by atoms with E-state index in [0.29, 0.717) is 29.7 Å². The summed E-state index contributed by atoms with van der Waals surface area (Å²) >= 11 is 0. The molecule has 0 aliphatic heterocycles. The molecule has 0 atom stereocenters. The Hall–Kier alpha value is -3.41. The summed E-state index contributed by atoms with van der Waals surface area (Å²) in [6.07, 6.45) is 3.53. The van der Waals surface area contributed by atoms with Crippen LogP contribution in [0.3, 0.4) is 0 Å². The molecule has 6 heteroatoms. The van der Waals surface area contributed by atoms with Gasteiger partial charge in [-0.15, -0.1) is 0 Å². The number of pyridine rings is 1. The molecule has 2 aromatic carbocycles. The maximum absolute atomic E-state index is 13.0. The van der Waals surface area contributed by atoms with Gasteiger partial charge in [-0.25, -0.2) is 4.39 Å². The number of carbonyl (C=O) groups is 1. The van der Waals surface area contributed by atoms with Crippen LogP contribution in [0, 0.1) is 5.82 Å². The number of benzene rings is 2. The fraction of sp³-hybridized carbons (Fsp3) is 0.143. The Balaban J connectivity index is 1.90. The minimum atomic E-state index is -0.463. The molecular weight excluding hydrogens is 347 g/mol. The van der Waals surface area contributed by atoms with Crippen molar-refractivity contribution in [2.75, 3.05) is 13.7 Å².